The molecule has 3 nitrogen and oxygen atoms in total. The van der Waals surface area contributed by atoms with Crippen LogP contribution in [0.25, 0.3) is 0 Å². The van der Waals surface area contributed by atoms with E-state index in [-0.39, 0.29) is 12.1 Å². The van der Waals surface area contributed by atoms with E-state index in [1.165, 1.54) is 24.8 Å². The standard InChI is InChI=1S/C17H25NO2/c1-3-18(11-12-5-4-6-12)16-9-13-7-8-14(20-2)10-15(13)17(16)19/h7-8,10,12,16-17,19H,3-6,9,11H2,1-2H3. The van der Waals surface area contributed by atoms with Crippen LogP contribution in [0.5, 0.6) is 5.75 Å². The first-order chi connectivity index (χ1) is 9.72. The summed E-state index contributed by atoms with van der Waals surface area (Å²) in [5.41, 5.74) is 2.33. The van der Waals surface area contributed by atoms with E-state index >= 15 is 0 Å². The fraction of sp³-hybridized carbons (Fsp3) is 0.647. The lowest BCUT2D eigenvalue weighted by Crippen LogP contribution is -2.42. The van der Waals surface area contributed by atoms with Crippen LogP contribution < -0.4 is 4.74 Å². The summed E-state index contributed by atoms with van der Waals surface area (Å²) in [6.07, 6.45) is 4.69. The molecule has 3 rings (SSSR count). The molecule has 1 N–H and O–H groups in total. The van der Waals surface area contributed by atoms with Crippen molar-refractivity contribution in [2.75, 3.05) is 20.2 Å². The van der Waals surface area contributed by atoms with E-state index in [4.69, 9.17) is 4.74 Å². The Morgan fingerprint density at radius 2 is 2.15 bits per heavy atom. The molecule has 0 bridgehead atoms. The lowest BCUT2D eigenvalue weighted by molar-refractivity contribution is 0.0448. The van der Waals surface area contributed by atoms with Gasteiger partial charge in [-0.2, -0.15) is 0 Å². The third kappa shape index (κ3) is 2.45. The van der Waals surface area contributed by atoms with Crippen LogP contribution in [0.15, 0.2) is 18.2 Å². The van der Waals surface area contributed by atoms with Crippen LogP contribution in [0.4, 0.5) is 0 Å². The second-order valence-corrected chi connectivity index (χ2v) is 6.17. The first-order valence-corrected chi connectivity index (χ1v) is 7.81. The number of nitrogens with zero attached hydrogens (tertiary/aromatic N) is 1. The highest BCUT2D eigenvalue weighted by Crippen LogP contribution is 2.38. The summed E-state index contributed by atoms with van der Waals surface area (Å²) in [6, 6.07) is 6.34. The highest BCUT2D eigenvalue weighted by Gasteiger charge is 2.36. The minimum absolute atomic E-state index is 0.239. The topological polar surface area (TPSA) is 32.7 Å². The molecular formula is C17H25NO2. The fourth-order valence-electron chi connectivity index (χ4n) is 3.54. The number of aliphatic hydroxyl groups excluding tert-OH is 1. The Bertz CT molecular complexity index is 470. The molecule has 2 aliphatic carbocycles. The predicted octanol–water partition coefficient (Wildman–Crippen LogP) is 2.78. The number of ether oxygens (including phenoxy) is 1. The average Bonchev–Trinajstić information content (AvgIpc) is 2.75. The third-order valence-electron chi connectivity index (χ3n) is 5.06. The number of benzene rings is 1. The van der Waals surface area contributed by atoms with Crippen molar-refractivity contribution in [3.05, 3.63) is 29.3 Å². The van der Waals surface area contributed by atoms with Crippen LogP contribution in [-0.4, -0.2) is 36.2 Å². The Kier molecular flexibility index (Phi) is 3.99. The Labute approximate surface area is 121 Å². The number of aliphatic hydroxyl groups is 1. The number of likely N-dealkylation sites (N-methyl/N-ethyl adjacent to an activating group) is 1. The number of hydrogen-bond acceptors (Lipinski definition) is 3. The van der Waals surface area contributed by atoms with Gasteiger partial charge in [0, 0.05) is 12.6 Å². The predicted molar refractivity (Wildman–Crippen MR) is 80.0 cm³/mol. The Morgan fingerprint density at radius 3 is 2.75 bits per heavy atom. The molecule has 0 heterocycles. The van der Waals surface area contributed by atoms with Crippen molar-refractivity contribution in [2.24, 2.45) is 5.92 Å². The molecule has 2 aliphatic rings. The van der Waals surface area contributed by atoms with Crippen LogP contribution in [-0.2, 0) is 6.42 Å². The van der Waals surface area contributed by atoms with Crippen molar-refractivity contribution < 1.29 is 9.84 Å². The van der Waals surface area contributed by atoms with E-state index < -0.39 is 0 Å². The van der Waals surface area contributed by atoms with Crippen molar-refractivity contribution in [1.29, 1.82) is 0 Å². The number of rotatable bonds is 5. The van der Waals surface area contributed by atoms with E-state index in [0.717, 1.165) is 36.7 Å². The van der Waals surface area contributed by atoms with Crippen LogP contribution >= 0.6 is 0 Å². The highest BCUT2D eigenvalue weighted by atomic mass is 16.5. The van der Waals surface area contributed by atoms with E-state index in [1.807, 2.05) is 12.1 Å². The molecule has 1 aromatic carbocycles. The van der Waals surface area contributed by atoms with Crippen LogP contribution in [0.3, 0.4) is 0 Å². The molecule has 3 heteroatoms. The van der Waals surface area contributed by atoms with Crippen molar-refractivity contribution in [3.8, 4) is 5.75 Å². The number of methoxy groups -OCH3 is 1. The van der Waals surface area contributed by atoms with Crippen LogP contribution in [0, 0.1) is 5.92 Å². The summed E-state index contributed by atoms with van der Waals surface area (Å²) >= 11 is 0. The van der Waals surface area contributed by atoms with Gasteiger partial charge in [0.05, 0.1) is 13.2 Å². The van der Waals surface area contributed by atoms with Crippen molar-refractivity contribution >= 4 is 0 Å². The molecule has 2 atom stereocenters. The van der Waals surface area contributed by atoms with Crippen molar-refractivity contribution in [1.82, 2.24) is 4.90 Å². The van der Waals surface area contributed by atoms with E-state index in [2.05, 4.69) is 17.9 Å². The van der Waals surface area contributed by atoms with Crippen molar-refractivity contribution in [2.45, 2.75) is 44.8 Å². The lowest BCUT2D eigenvalue weighted by Gasteiger charge is -2.36. The first kappa shape index (κ1) is 13.9. The van der Waals surface area contributed by atoms with Gasteiger partial charge in [0.1, 0.15) is 5.75 Å². The van der Waals surface area contributed by atoms with Crippen LogP contribution in [0.2, 0.25) is 0 Å². The van der Waals surface area contributed by atoms with Gasteiger partial charge < -0.3 is 9.84 Å². The second kappa shape index (κ2) is 5.74. The average molecular weight is 275 g/mol. The van der Waals surface area contributed by atoms with Gasteiger partial charge in [-0.3, -0.25) is 4.90 Å². The maximum Gasteiger partial charge on any atom is 0.119 e. The zero-order chi connectivity index (χ0) is 14.1. The summed E-state index contributed by atoms with van der Waals surface area (Å²) in [5.74, 6) is 1.69. The fourth-order valence-corrected chi connectivity index (χ4v) is 3.54. The molecule has 20 heavy (non-hydrogen) atoms. The largest absolute Gasteiger partial charge is 0.497 e. The van der Waals surface area contributed by atoms with E-state index in [0.29, 0.717) is 0 Å². The summed E-state index contributed by atoms with van der Waals surface area (Å²) < 4.78 is 5.28. The van der Waals surface area contributed by atoms with Crippen LogP contribution in [0.1, 0.15) is 43.4 Å². The number of fused-ring (bicyclic) bond motifs is 1. The van der Waals surface area contributed by atoms with Gasteiger partial charge in [-0.1, -0.05) is 19.4 Å². The SMILES string of the molecule is CCN(CC1CCC1)C1Cc2ccc(OC)cc2C1O. The molecule has 0 aliphatic heterocycles. The molecule has 1 aromatic rings. The van der Waals surface area contributed by atoms with Crippen molar-refractivity contribution in [3.63, 3.8) is 0 Å². The molecule has 0 amide bonds. The minimum Gasteiger partial charge on any atom is -0.497 e. The summed E-state index contributed by atoms with van der Waals surface area (Å²) in [4.78, 5) is 2.47. The quantitative estimate of drug-likeness (QED) is 0.897. The maximum atomic E-state index is 10.7. The van der Waals surface area contributed by atoms with Gasteiger partial charge >= 0.3 is 0 Å². The van der Waals surface area contributed by atoms with Gasteiger partial charge in [-0.25, -0.2) is 0 Å². The number of hydrogen-bond donors (Lipinski definition) is 1. The monoisotopic (exact) mass is 275 g/mol. The molecule has 2 unspecified atom stereocenters. The summed E-state index contributed by atoms with van der Waals surface area (Å²) in [6.45, 7) is 4.36. The summed E-state index contributed by atoms with van der Waals surface area (Å²) in [5, 5.41) is 10.7. The van der Waals surface area contributed by atoms with E-state index in [9.17, 15) is 5.11 Å². The molecule has 0 radical (unpaired) electrons. The second-order valence-electron chi connectivity index (χ2n) is 6.17. The third-order valence-corrected chi connectivity index (χ3v) is 5.06. The Balaban J connectivity index is 1.75. The normalized spacial score (nSPS) is 25.6. The van der Waals surface area contributed by atoms with Gasteiger partial charge in [0.2, 0.25) is 0 Å². The minimum atomic E-state index is -0.375. The highest BCUT2D eigenvalue weighted by molar-refractivity contribution is 5.41. The Hall–Kier alpha value is -1.06. The maximum absolute atomic E-state index is 10.7. The molecule has 0 saturated heterocycles. The zero-order valence-electron chi connectivity index (χ0n) is 12.5. The van der Waals surface area contributed by atoms with Gasteiger partial charge in [-0.05, 0) is 55.0 Å². The Morgan fingerprint density at radius 1 is 1.35 bits per heavy atom. The molecule has 0 spiro atoms. The molecule has 1 fully saturated rings. The lowest BCUT2D eigenvalue weighted by atomic mass is 9.84. The van der Waals surface area contributed by atoms with E-state index in [1.54, 1.807) is 7.11 Å². The smallest absolute Gasteiger partial charge is 0.119 e. The molecule has 110 valence electrons. The van der Waals surface area contributed by atoms with Gasteiger partial charge in [0.15, 0.2) is 0 Å². The molecule has 0 aromatic heterocycles. The van der Waals surface area contributed by atoms with Gasteiger partial charge in [-0.15, -0.1) is 0 Å². The molecule has 1 saturated carbocycles. The zero-order valence-corrected chi connectivity index (χ0v) is 12.5. The summed E-state index contributed by atoms with van der Waals surface area (Å²) in [7, 11) is 1.68. The van der Waals surface area contributed by atoms with Gasteiger partial charge in [0.25, 0.3) is 0 Å². The molecular weight excluding hydrogens is 250 g/mol. The first-order valence-electron chi connectivity index (χ1n) is 7.81.